The van der Waals surface area contributed by atoms with Gasteiger partial charge in [0.1, 0.15) is 6.10 Å². The predicted octanol–water partition coefficient (Wildman–Crippen LogP) is 3.83. The van der Waals surface area contributed by atoms with Gasteiger partial charge in [0.25, 0.3) is 0 Å². The van der Waals surface area contributed by atoms with Gasteiger partial charge in [-0.25, -0.2) is 9.97 Å². The molecule has 7 heteroatoms. The van der Waals surface area contributed by atoms with Crippen LogP contribution in [0.15, 0.2) is 36.7 Å². The Balaban J connectivity index is 1.43. The molecule has 5 nitrogen and oxygen atoms in total. The number of halogens is 2. The van der Waals surface area contributed by atoms with Crippen molar-refractivity contribution >= 4 is 29.1 Å². The molecule has 1 aliphatic rings. The summed E-state index contributed by atoms with van der Waals surface area (Å²) in [7, 11) is 0. The lowest BCUT2D eigenvalue weighted by molar-refractivity contribution is -0.121. The van der Waals surface area contributed by atoms with Gasteiger partial charge < -0.3 is 10.1 Å². The van der Waals surface area contributed by atoms with E-state index in [9.17, 15) is 4.79 Å². The Morgan fingerprint density at radius 1 is 1.12 bits per heavy atom. The highest BCUT2D eigenvalue weighted by Gasteiger charge is 2.24. The van der Waals surface area contributed by atoms with Gasteiger partial charge in [-0.2, -0.15) is 0 Å². The molecule has 2 aromatic rings. The number of hydrogen-bond donors (Lipinski definition) is 1. The van der Waals surface area contributed by atoms with E-state index in [-0.39, 0.29) is 18.1 Å². The number of amides is 1. The summed E-state index contributed by atoms with van der Waals surface area (Å²) in [5.41, 5.74) is 0.846. The van der Waals surface area contributed by atoms with Crippen LogP contribution in [0.5, 0.6) is 6.01 Å². The molecule has 25 heavy (non-hydrogen) atoms. The summed E-state index contributed by atoms with van der Waals surface area (Å²) < 4.78 is 5.76. The number of carbonyl (C=O) groups is 1. The Kier molecular flexibility index (Phi) is 6.10. The van der Waals surface area contributed by atoms with Crippen LogP contribution in [0.3, 0.4) is 0 Å². The second kappa shape index (κ2) is 8.50. The van der Waals surface area contributed by atoms with E-state index in [2.05, 4.69) is 15.3 Å². The van der Waals surface area contributed by atoms with Gasteiger partial charge in [0, 0.05) is 11.1 Å². The molecule has 0 radical (unpaired) electrons. The van der Waals surface area contributed by atoms with E-state index in [1.54, 1.807) is 6.07 Å². The summed E-state index contributed by atoms with van der Waals surface area (Å²) in [5, 5.41) is 4.19. The van der Waals surface area contributed by atoms with Crippen LogP contribution in [0, 0.1) is 0 Å². The molecular formula is C18H19Cl2N3O2. The number of ether oxygens (including phenoxy) is 1. The maximum atomic E-state index is 12.2. The predicted molar refractivity (Wildman–Crippen MR) is 97.0 cm³/mol. The van der Waals surface area contributed by atoms with Gasteiger partial charge in [-0.3, -0.25) is 4.79 Å². The van der Waals surface area contributed by atoms with Gasteiger partial charge in [0.15, 0.2) is 0 Å². The van der Waals surface area contributed by atoms with Crippen LogP contribution in [0.4, 0.5) is 0 Å². The molecule has 1 heterocycles. The zero-order valence-corrected chi connectivity index (χ0v) is 15.1. The zero-order valence-electron chi connectivity index (χ0n) is 13.6. The van der Waals surface area contributed by atoms with Crippen LogP contribution in [0.25, 0.3) is 0 Å². The molecule has 0 aliphatic heterocycles. The lowest BCUT2D eigenvalue weighted by Crippen LogP contribution is -2.40. The van der Waals surface area contributed by atoms with E-state index < -0.39 is 0 Å². The van der Waals surface area contributed by atoms with Crippen LogP contribution in [-0.2, 0) is 11.2 Å². The highest BCUT2D eigenvalue weighted by Crippen LogP contribution is 2.23. The average molecular weight is 380 g/mol. The molecular weight excluding hydrogens is 361 g/mol. The largest absolute Gasteiger partial charge is 0.460 e. The molecule has 1 N–H and O–H groups in total. The summed E-state index contributed by atoms with van der Waals surface area (Å²) >= 11 is 11.9. The van der Waals surface area contributed by atoms with Crippen molar-refractivity contribution in [3.05, 3.63) is 52.3 Å². The SMILES string of the molecule is O=C(Cc1ccccc1Cl)NC1CCC(Oc2ncc(Cl)cn2)CC1. The third kappa shape index (κ3) is 5.31. The van der Waals surface area contributed by atoms with Crippen molar-refractivity contribution in [2.75, 3.05) is 0 Å². The number of carbonyl (C=O) groups excluding carboxylic acids is 1. The van der Waals surface area contributed by atoms with E-state index in [1.165, 1.54) is 12.4 Å². The van der Waals surface area contributed by atoms with Crippen LogP contribution in [0.1, 0.15) is 31.2 Å². The Morgan fingerprint density at radius 3 is 2.48 bits per heavy atom. The third-order valence-corrected chi connectivity index (χ3v) is 4.78. The number of benzene rings is 1. The number of nitrogens with one attached hydrogen (secondary N) is 1. The molecule has 0 atom stereocenters. The third-order valence-electron chi connectivity index (χ3n) is 4.22. The molecule has 1 fully saturated rings. The number of nitrogens with zero attached hydrogens (tertiary/aromatic N) is 2. The van der Waals surface area contributed by atoms with Gasteiger partial charge in [0.2, 0.25) is 5.91 Å². The molecule has 0 bridgehead atoms. The van der Waals surface area contributed by atoms with Crippen LogP contribution >= 0.6 is 23.2 Å². The summed E-state index contributed by atoms with van der Waals surface area (Å²) in [4.78, 5) is 20.3. The van der Waals surface area contributed by atoms with E-state index in [4.69, 9.17) is 27.9 Å². The van der Waals surface area contributed by atoms with Gasteiger partial charge in [-0.1, -0.05) is 41.4 Å². The Labute approximate surface area is 156 Å². The second-order valence-electron chi connectivity index (χ2n) is 6.11. The van der Waals surface area contributed by atoms with Crippen molar-refractivity contribution in [2.24, 2.45) is 0 Å². The first kappa shape index (κ1) is 18.0. The molecule has 1 amide bonds. The Bertz CT molecular complexity index is 717. The highest BCUT2D eigenvalue weighted by molar-refractivity contribution is 6.31. The fourth-order valence-corrected chi connectivity index (χ4v) is 3.23. The van der Waals surface area contributed by atoms with E-state index in [0.717, 1.165) is 31.2 Å². The average Bonchev–Trinajstić information content (AvgIpc) is 2.61. The fourth-order valence-electron chi connectivity index (χ4n) is 2.93. The molecule has 3 rings (SSSR count). The maximum Gasteiger partial charge on any atom is 0.316 e. The zero-order chi connectivity index (χ0) is 17.6. The lowest BCUT2D eigenvalue weighted by atomic mass is 9.93. The van der Waals surface area contributed by atoms with Crippen molar-refractivity contribution in [2.45, 2.75) is 44.2 Å². The minimum absolute atomic E-state index is 0.00139. The number of rotatable bonds is 5. The fraction of sp³-hybridized carbons (Fsp3) is 0.389. The monoisotopic (exact) mass is 379 g/mol. The summed E-state index contributed by atoms with van der Waals surface area (Å²) in [6.45, 7) is 0. The maximum absolute atomic E-state index is 12.2. The molecule has 1 aromatic heterocycles. The van der Waals surface area contributed by atoms with Gasteiger partial charge in [0.05, 0.1) is 23.8 Å². The molecule has 0 saturated heterocycles. The standard InChI is InChI=1S/C18H19Cl2N3O2/c19-13-10-21-18(22-11-13)25-15-7-5-14(6-8-15)23-17(24)9-12-3-1-2-4-16(12)20/h1-4,10-11,14-15H,5-9H2,(H,23,24). The molecule has 1 aromatic carbocycles. The topological polar surface area (TPSA) is 64.1 Å². The van der Waals surface area contributed by atoms with Crippen molar-refractivity contribution < 1.29 is 9.53 Å². The van der Waals surface area contributed by atoms with E-state index >= 15 is 0 Å². The van der Waals surface area contributed by atoms with Crippen LogP contribution < -0.4 is 10.1 Å². The first-order chi connectivity index (χ1) is 12.1. The van der Waals surface area contributed by atoms with E-state index in [1.807, 2.05) is 18.2 Å². The molecule has 132 valence electrons. The Morgan fingerprint density at radius 2 is 1.80 bits per heavy atom. The molecule has 0 spiro atoms. The van der Waals surface area contributed by atoms with Crippen LogP contribution in [-0.4, -0.2) is 28.0 Å². The van der Waals surface area contributed by atoms with Crippen molar-refractivity contribution in [3.63, 3.8) is 0 Å². The summed E-state index contributed by atoms with van der Waals surface area (Å²) in [6.07, 6.45) is 6.84. The minimum atomic E-state index is -0.00139. The van der Waals surface area contributed by atoms with Gasteiger partial charge in [-0.05, 0) is 37.3 Å². The minimum Gasteiger partial charge on any atom is -0.460 e. The quantitative estimate of drug-likeness (QED) is 0.856. The van der Waals surface area contributed by atoms with Crippen molar-refractivity contribution in [1.29, 1.82) is 0 Å². The van der Waals surface area contributed by atoms with Crippen molar-refractivity contribution in [1.82, 2.24) is 15.3 Å². The Hall–Kier alpha value is -1.85. The summed E-state index contributed by atoms with van der Waals surface area (Å²) in [6, 6.07) is 7.92. The highest BCUT2D eigenvalue weighted by atomic mass is 35.5. The number of aromatic nitrogens is 2. The van der Waals surface area contributed by atoms with Gasteiger partial charge >= 0.3 is 6.01 Å². The van der Waals surface area contributed by atoms with E-state index in [0.29, 0.717) is 22.5 Å². The van der Waals surface area contributed by atoms with Gasteiger partial charge in [-0.15, -0.1) is 0 Å². The summed E-state index contributed by atoms with van der Waals surface area (Å²) in [5.74, 6) is -0.00139. The van der Waals surface area contributed by atoms with Crippen LogP contribution in [0.2, 0.25) is 10.0 Å². The first-order valence-corrected chi connectivity index (χ1v) is 9.02. The lowest BCUT2D eigenvalue weighted by Gasteiger charge is -2.28. The molecule has 0 unspecified atom stereocenters. The first-order valence-electron chi connectivity index (χ1n) is 8.27. The molecule has 1 saturated carbocycles. The normalized spacial score (nSPS) is 20.1. The second-order valence-corrected chi connectivity index (χ2v) is 6.95. The number of hydrogen-bond acceptors (Lipinski definition) is 4. The van der Waals surface area contributed by atoms with Crippen molar-refractivity contribution in [3.8, 4) is 6.01 Å². The molecule has 1 aliphatic carbocycles. The smallest absolute Gasteiger partial charge is 0.316 e.